The van der Waals surface area contributed by atoms with Crippen LogP contribution in [0.15, 0.2) is 18.2 Å². The van der Waals surface area contributed by atoms with Gasteiger partial charge in [-0.3, -0.25) is 4.79 Å². The van der Waals surface area contributed by atoms with Gasteiger partial charge in [-0.05, 0) is 30.5 Å². The Balaban J connectivity index is 2.03. The van der Waals surface area contributed by atoms with Crippen molar-refractivity contribution in [1.29, 1.82) is 0 Å². The molecule has 1 aromatic rings. The monoisotopic (exact) mass is 293 g/mol. The van der Waals surface area contributed by atoms with E-state index in [0.717, 1.165) is 25.7 Å². The summed E-state index contributed by atoms with van der Waals surface area (Å²) >= 11 is 0. The first-order valence-electron chi connectivity index (χ1n) is 7.01. The Morgan fingerprint density at radius 2 is 1.86 bits per heavy atom. The van der Waals surface area contributed by atoms with Gasteiger partial charge < -0.3 is 20.6 Å². The number of carbonyl (C=O) groups is 2. The van der Waals surface area contributed by atoms with Crippen LogP contribution in [-0.2, 0) is 16.0 Å². The summed E-state index contributed by atoms with van der Waals surface area (Å²) in [5.41, 5.74) is 0.532. The van der Waals surface area contributed by atoms with Crippen molar-refractivity contribution in [2.45, 2.75) is 38.1 Å². The van der Waals surface area contributed by atoms with Crippen LogP contribution >= 0.6 is 0 Å². The molecule has 0 bridgehead atoms. The number of nitrogens with one attached hydrogen (secondary N) is 1. The second-order valence-corrected chi connectivity index (χ2v) is 5.41. The molecule has 6 heteroatoms. The molecule has 1 aliphatic carbocycles. The van der Waals surface area contributed by atoms with Crippen molar-refractivity contribution in [2.24, 2.45) is 5.92 Å². The van der Waals surface area contributed by atoms with E-state index in [-0.39, 0.29) is 29.7 Å². The van der Waals surface area contributed by atoms with Crippen LogP contribution in [0.4, 0.5) is 0 Å². The zero-order chi connectivity index (χ0) is 15.4. The number of hydrogen-bond donors (Lipinski definition) is 4. The number of amides is 1. The quantitative estimate of drug-likeness (QED) is 0.614. The third-order valence-electron chi connectivity index (χ3n) is 3.82. The molecule has 1 atom stereocenters. The predicted molar refractivity (Wildman–Crippen MR) is 75.0 cm³/mol. The number of carboxylic acid groups (broad SMARTS) is 1. The highest BCUT2D eigenvalue weighted by Gasteiger charge is 2.27. The van der Waals surface area contributed by atoms with Crippen LogP contribution in [0.5, 0.6) is 11.5 Å². The molecular weight excluding hydrogens is 274 g/mol. The molecule has 1 saturated carbocycles. The first kappa shape index (κ1) is 15.2. The van der Waals surface area contributed by atoms with Crippen molar-refractivity contribution < 1.29 is 24.9 Å². The molecule has 1 aliphatic rings. The zero-order valence-corrected chi connectivity index (χ0v) is 11.6. The molecule has 0 aromatic heterocycles. The Morgan fingerprint density at radius 1 is 1.19 bits per heavy atom. The fourth-order valence-electron chi connectivity index (χ4n) is 2.61. The number of benzene rings is 1. The maximum absolute atomic E-state index is 12.0. The number of rotatable bonds is 5. The molecule has 0 heterocycles. The summed E-state index contributed by atoms with van der Waals surface area (Å²) in [4.78, 5) is 23.3. The zero-order valence-electron chi connectivity index (χ0n) is 11.6. The predicted octanol–water partition coefficient (Wildman–Crippen LogP) is 1.40. The highest BCUT2D eigenvalue weighted by atomic mass is 16.4. The van der Waals surface area contributed by atoms with Crippen LogP contribution < -0.4 is 5.32 Å². The molecule has 0 aliphatic heterocycles. The molecule has 0 spiro atoms. The van der Waals surface area contributed by atoms with Crippen molar-refractivity contribution >= 4 is 11.9 Å². The van der Waals surface area contributed by atoms with Crippen LogP contribution in [0, 0.1) is 5.92 Å². The summed E-state index contributed by atoms with van der Waals surface area (Å²) in [7, 11) is 0. The number of phenolic OH excluding ortho intramolecular Hbond substituents is 2. The van der Waals surface area contributed by atoms with Crippen molar-refractivity contribution in [1.82, 2.24) is 5.32 Å². The van der Waals surface area contributed by atoms with Crippen LogP contribution in [0.3, 0.4) is 0 Å². The Morgan fingerprint density at radius 3 is 2.43 bits per heavy atom. The SMILES string of the molecule is O=C(NC(Cc1ccc(O)c(O)c1)C(=O)O)C1CCCC1. The number of hydrogen-bond acceptors (Lipinski definition) is 4. The van der Waals surface area contributed by atoms with Crippen LogP contribution in [0.25, 0.3) is 0 Å². The van der Waals surface area contributed by atoms with Crippen LogP contribution in [-0.4, -0.2) is 33.2 Å². The van der Waals surface area contributed by atoms with Gasteiger partial charge in [0.15, 0.2) is 11.5 Å². The number of phenols is 2. The molecule has 21 heavy (non-hydrogen) atoms. The standard InChI is InChI=1S/C15H19NO5/c17-12-6-5-9(8-13(12)18)7-11(15(20)21)16-14(19)10-3-1-2-4-10/h5-6,8,10-11,17-18H,1-4,7H2,(H,16,19)(H,20,21). The summed E-state index contributed by atoms with van der Waals surface area (Å²) in [6.07, 6.45) is 3.67. The first-order valence-corrected chi connectivity index (χ1v) is 7.01. The fourth-order valence-corrected chi connectivity index (χ4v) is 2.61. The van der Waals surface area contributed by atoms with Gasteiger partial charge in [0.05, 0.1) is 0 Å². The maximum atomic E-state index is 12.0. The summed E-state index contributed by atoms with van der Waals surface area (Å²) in [5.74, 6) is -2.00. The summed E-state index contributed by atoms with van der Waals surface area (Å²) < 4.78 is 0. The van der Waals surface area contributed by atoms with Gasteiger partial charge in [0, 0.05) is 12.3 Å². The molecule has 6 nitrogen and oxygen atoms in total. The van der Waals surface area contributed by atoms with E-state index in [4.69, 9.17) is 0 Å². The second-order valence-electron chi connectivity index (χ2n) is 5.41. The highest BCUT2D eigenvalue weighted by Crippen LogP contribution is 2.26. The van der Waals surface area contributed by atoms with Gasteiger partial charge >= 0.3 is 5.97 Å². The fraction of sp³-hybridized carbons (Fsp3) is 0.467. The lowest BCUT2D eigenvalue weighted by atomic mass is 10.0. The summed E-state index contributed by atoms with van der Waals surface area (Å²) in [6, 6.07) is 3.07. The molecule has 1 unspecified atom stereocenters. The molecule has 4 N–H and O–H groups in total. The smallest absolute Gasteiger partial charge is 0.326 e. The number of carbonyl (C=O) groups excluding carboxylic acids is 1. The van der Waals surface area contributed by atoms with Crippen molar-refractivity contribution in [3.63, 3.8) is 0 Å². The molecule has 1 aromatic carbocycles. The molecule has 114 valence electrons. The van der Waals surface area contributed by atoms with Gasteiger partial charge in [-0.2, -0.15) is 0 Å². The third-order valence-corrected chi connectivity index (χ3v) is 3.82. The Labute approximate surface area is 122 Å². The minimum Gasteiger partial charge on any atom is -0.504 e. The molecule has 2 rings (SSSR count). The van der Waals surface area contributed by atoms with E-state index in [2.05, 4.69) is 5.32 Å². The van der Waals surface area contributed by atoms with Gasteiger partial charge in [-0.25, -0.2) is 4.79 Å². The summed E-state index contributed by atoms with van der Waals surface area (Å²) in [6.45, 7) is 0. The number of aliphatic carboxylic acids is 1. The average Bonchev–Trinajstić information content (AvgIpc) is 2.96. The minimum absolute atomic E-state index is 0.0572. The molecule has 1 fully saturated rings. The lowest BCUT2D eigenvalue weighted by Gasteiger charge is -2.17. The van der Waals surface area contributed by atoms with E-state index < -0.39 is 12.0 Å². The van der Waals surface area contributed by atoms with Gasteiger partial charge in [0.1, 0.15) is 6.04 Å². The topological polar surface area (TPSA) is 107 Å². The van der Waals surface area contributed by atoms with E-state index in [1.807, 2.05) is 0 Å². The number of carboxylic acids is 1. The normalized spacial score (nSPS) is 16.6. The van der Waals surface area contributed by atoms with Crippen molar-refractivity contribution in [3.8, 4) is 11.5 Å². The Hall–Kier alpha value is -2.24. The Bertz CT molecular complexity index is 537. The van der Waals surface area contributed by atoms with E-state index in [1.54, 1.807) is 0 Å². The van der Waals surface area contributed by atoms with E-state index in [9.17, 15) is 24.9 Å². The molecule has 0 radical (unpaired) electrons. The lowest BCUT2D eigenvalue weighted by molar-refractivity contribution is -0.142. The highest BCUT2D eigenvalue weighted by molar-refractivity contribution is 5.85. The average molecular weight is 293 g/mol. The Kier molecular flexibility index (Phi) is 4.67. The molecular formula is C15H19NO5. The summed E-state index contributed by atoms with van der Waals surface area (Å²) in [5, 5.41) is 30.4. The molecule has 1 amide bonds. The van der Waals surface area contributed by atoms with E-state index in [1.165, 1.54) is 18.2 Å². The minimum atomic E-state index is -1.12. The maximum Gasteiger partial charge on any atom is 0.326 e. The van der Waals surface area contributed by atoms with Gasteiger partial charge in [0.25, 0.3) is 0 Å². The van der Waals surface area contributed by atoms with Crippen molar-refractivity contribution in [3.05, 3.63) is 23.8 Å². The third kappa shape index (κ3) is 3.87. The first-order chi connectivity index (χ1) is 9.97. The van der Waals surface area contributed by atoms with Crippen molar-refractivity contribution in [2.75, 3.05) is 0 Å². The van der Waals surface area contributed by atoms with E-state index >= 15 is 0 Å². The van der Waals surface area contributed by atoms with Gasteiger partial charge in [-0.15, -0.1) is 0 Å². The van der Waals surface area contributed by atoms with Gasteiger partial charge in [0.2, 0.25) is 5.91 Å². The second kappa shape index (κ2) is 6.47. The largest absolute Gasteiger partial charge is 0.504 e. The number of aromatic hydroxyl groups is 2. The lowest BCUT2D eigenvalue weighted by Crippen LogP contribution is -2.44. The van der Waals surface area contributed by atoms with Crippen LogP contribution in [0.1, 0.15) is 31.2 Å². The van der Waals surface area contributed by atoms with Crippen LogP contribution in [0.2, 0.25) is 0 Å². The molecule has 0 saturated heterocycles. The van der Waals surface area contributed by atoms with Gasteiger partial charge in [-0.1, -0.05) is 18.9 Å². The van der Waals surface area contributed by atoms with E-state index in [0.29, 0.717) is 5.56 Å².